The van der Waals surface area contributed by atoms with Gasteiger partial charge in [0.1, 0.15) is 17.1 Å². The molecule has 7 heteroatoms. The number of nitrogens with zero attached hydrogens (tertiary/aromatic N) is 2. The van der Waals surface area contributed by atoms with E-state index < -0.39 is 5.97 Å². The second-order valence-electron chi connectivity index (χ2n) is 5.52. The maximum atomic E-state index is 11.0. The number of hydrogen-bond donors (Lipinski definition) is 2. The highest BCUT2D eigenvalue weighted by Gasteiger charge is 2.19. The first kappa shape index (κ1) is 15.2. The van der Waals surface area contributed by atoms with Gasteiger partial charge in [0.05, 0.1) is 7.11 Å². The second-order valence-corrected chi connectivity index (χ2v) is 6.27. The van der Waals surface area contributed by atoms with Crippen LogP contribution in [0, 0.1) is 0 Å². The van der Waals surface area contributed by atoms with Crippen LogP contribution < -0.4 is 10.1 Å². The molecule has 1 heterocycles. The first-order valence-corrected chi connectivity index (χ1v) is 7.11. The van der Waals surface area contributed by atoms with E-state index in [1.54, 1.807) is 12.1 Å². The Morgan fingerprint density at radius 2 is 2.10 bits per heavy atom. The van der Waals surface area contributed by atoms with Gasteiger partial charge >= 0.3 is 5.97 Å². The van der Waals surface area contributed by atoms with Crippen LogP contribution in [0.4, 0.5) is 10.8 Å². The number of aromatic carboxylic acids is 1. The lowest BCUT2D eigenvalue weighted by Gasteiger charge is -2.12. The largest absolute Gasteiger partial charge is 0.496 e. The molecule has 6 nitrogen and oxygen atoms in total. The highest BCUT2D eigenvalue weighted by atomic mass is 32.1. The van der Waals surface area contributed by atoms with Gasteiger partial charge in [0, 0.05) is 28.7 Å². The van der Waals surface area contributed by atoms with Gasteiger partial charge in [0.15, 0.2) is 0 Å². The summed E-state index contributed by atoms with van der Waals surface area (Å²) in [4.78, 5) is 15.5. The summed E-state index contributed by atoms with van der Waals surface area (Å²) >= 11 is 1.27. The lowest BCUT2D eigenvalue weighted by atomic mass is 9.96. The maximum Gasteiger partial charge on any atom is 0.339 e. The Balaban J connectivity index is 2.24. The van der Waals surface area contributed by atoms with Crippen LogP contribution in [0.15, 0.2) is 18.2 Å². The third-order valence-electron chi connectivity index (χ3n) is 2.78. The number of rotatable bonds is 4. The fourth-order valence-electron chi connectivity index (χ4n) is 1.65. The van der Waals surface area contributed by atoms with E-state index in [0.29, 0.717) is 16.6 Å². The lowest BCUT2D eigenvalue weighted by Crippen LogP contribution is -2.13. The second kappa shape index (κ2) is 5.69. The summed E-state index contributed by atoms with van der Waals surface area (Å²) in [5, 5.41) is 12.8. The van der Waals surface area contributed by atoms with Gasteiger partial charge in [-0.05, 0) is 12.1 Å². The van der Waals surface area contributed by atoms with Gasteiger partial charge in [0.2, 0.25) is 5.13 Å². The molecule has 0 atom stereocenters. The van der Waals surface area contributed by atoms with Crippen molar-refractivity contribution in [1.29, 1.82) is 0 Å². The van der Waals surface area contributed by atoms with E-state index in [2.05, 4.69) is 14.7 Å². The molecule has 2 N–H and O–H groups in total. The van der Waals surface area contributed by atoms with Crippen LogP contribution in [-0.4, -0.2) is 27.5 Å². The molecule has 0 aliphatic carbocycles. The Morgan fingerprint density at radius 3 is 2.62 bits per heavy atom. The fraction of sp³-hybridized carbons (Fsp3) is 0.357. The first-order valence-electron chi connectivity index (χ1n) is 6.34. The van der Waals surface area contributed by atoms with E-state index in [0.717, 1.165) is 5.82 Å². The van der Waals surface area contributed by atoms with Gasteiger partial charge in [-0.1, -0.05) is 20.8 Å². The summed E-state index contributed by atoms with van der Waals surface area (Å²) in [7, 11) is 1.44. The molecule has 21 heavy (non-hydrogen) atoms. The van der Waals surface area contributed by atoms with E-state index >= 15 is 0 Å². The Kier molecular flexibility index (Phi) is 4.13. The average Bonchev–Trinajstić information content (AvgIpc) is 2.86. The molecule has 1 aromatic carbocycles. The SMILES string of the molecule is COc1cc(Nc2nc(C(C)(C)C)ns2)ccc1C(=O)O. The Hall–Kier alpha value is -2.15. The van der Waals surface area contributed by atoms with E-state index in [1.807, 2.05) is 20.8 Å². The molecule has 112 valence electrons. The van der Waals surface area contributed by atoms with Crippen molar-refractivity contribution in [3.63, 3.8) is 0 Å². The third-order valence-corrected chi connectivity index (χ3v) is 3.41. The van der Waals surface area contributed by atoms with Crippen molar-refractivity contribution < 1.29 is 14.6 Å². The van der Waals surface area contributed by atoms with Gasteiger partial charge in [-0.3, -0.25) is 0 Å². The lowest BCUT2D eigenvalue weighted by molar-refractivity contribution is 0.0693. The number of nitrogens with one attached hydrogen (secondary N) is 1. The van der Waals surface area contributed by atoms with E-state index in [4.69, 9.17) is 9.84 Å². The molecule has 0 aliphatic heterocycles. The number of benzene rings is 1. The normalized spacial score (nSPS) is 11.2. The zero-order valence-corrected chi connectivity index (χ0v) is 13.1. The van der Waals surface area contributed by atoms with Crippen molar-refractivity contribution in [3.05, 3.63) is 29.6 Å². The molecule has 0 saturated carbocycles. The third kappa shape index (κ3) is 3.49. The molecule has 0 bridgehead atoms. The fourth-order valence-corrected chi connectivity index (χ4v) is 2.43. The Morgan fingerprint density at radius 1 is 1.38 bits per heavy atom. The number of carbonyl (C=O) groups is 1. The van der Waals surface area contributed by atoms with Gasteiger partial charge in [-0.2, -0.15) is 4.37 Å². The number of carboxylic acid groups (broad SMARTS) is 1. The molecular weight excluding hydrogens is 290 g/mol. The highest BCUT2D eigenvalue weighted by molar-refractivity contribution is 7.09. The van der Waals surface area contributed by atoms with Crippen LogP contribution in [0.3, 0.4) is 0 Å². The van der Waals surface area contributed by atoms with Crippen LogP contribution in [0.1, 0.15) is 37.0 Å². The maximum absolute atomic E-state index is 11.0. The van der Waals surface area contributed by atoms with E-state index in [9.17, 15) is 4.79 Å². The van der Waals surface area contributed by atoms with Crippen molar-refractivity contribution in [3.8, 4) is 5.75 Å². The number of ether oxygens (including phenoxy) is 1. The molecule has 0 fully saturated rings. The Labute approximate surface area is 127 Å². The van der Waals surface area contributed by atoms with Gasteiger partial charge in [-0.25, -0.2) is 9.78 Å². The summed E-state index contributed by atoms with van der Waals surface area (Å²) in [5.74, 6) is 0.0431. The van der Waals surface area contributed by atoms with Gasteiger partial charge in [0.25, 0.3) is 0 Å². The van der Waals surface area contributed by atoms with Crippen LogP contribution in [0.5, 0.6) is 5.75 Å². The van der Waals surface area contributed by atoms with Gasteiger partial charge in [-0.15, -0.1) is 0 Å². The molecule has 2 aromatic rings. The topological polar surface area (TPSA) is 84.3 Å². The number of carboxylic acids is 1. The zero-order valence-electron chi connectivity index (χ0n) is 12.3. The highest BCUT2D eigenvalue weighted by Crippen LogP contribution is 2.28. The molecule has 0 amide bonds. The molecule has 2 rings (SSSR count). The molecule has 0 unspecified atom stereocenters. The van der Waals surface area contributed by atoms with Crippen molar-refractivity contribution in [2.24, 2.45) is 0 Å². The van der Waals surface area contributed by atoms with Crippen molar-refractivity contribution in [2.45, 2.75) is 26.2 Å². The quantitative estimate of drug-likeness (QED) is 0.901. The number of methoxy groups -OCH3 is 1. The summed E-state index contributed by atoms with van der Waals surface area (Å²) in [6, 6.07) is 4.79. The molecule has 0 saturated heterocycles. The minimum atomic E-state index is -1.02. The van der Waals surface area contributed by atoms with Crippen LogP contribution in [0.2, 0.25) is 0 Å². The summed E-state index contributed by atoms with van der Waals surface area (Å²) in [6.45, 7) is 6.14. The van der Waals surface area contributed by atoms with Crippen molar-refractivity contribution >= 4 is 28.3 Å². The predicted octanol–water partition coefficient (Wildman–Crippen LogP) is 3.29. The van der Waals surface area contributed by atoms with Crippen molar-refractivity contribution in [2.75, 3.05) is 12.4 Å². The summed E-state index contributed by atoms with van der Waals surface area (Å²) in [5.41, 5.74) is 0.713. The summed E-state index contributed by atoms with van der Waals surface area (Å²) < 4.78 is 9.41. The van der Waals surface area contributed by atoms with E-state index in [1.165, 1.54) is 24.7 Å². The molecule has 0 aliphatic rings. The summed E-state index contributed by atoms with van der Waals surface area (Å²) in [6.07, 6.45) is 0. The smallest absolute Gasteiger partial charge is 0.339 e. The first-order chi connectivity index (χ1) is 9.81. The minimum Gasteiger partial charge on any atom is -0.496 e. The molecular formula is C14H17N3O3S. The molecule has 0 radical (unpaired) electrons. The average molecular weight is 307 g/mol. The monoisotopic (exact) mass is 307 g/mol. The number of hydrogen-bond acceptors (Lipinski definition) is 6. The van der Waals surface area contributed by atoms with Crippen molar-refractivity contribution in [1.82, 2.24) is 9.36 Å². The number of aromatic nitrogens is 2. The standard InChI is InChI=1S/C14H17N3O3S/c1-14(2,3)12-16-13(21-17-12)15-8-5-6-9(11(18)19)10(7-8)20-4/h5-7H,1-4H3,(H,18,19)(H,15,16,17). The molecule has 0 spiro atoms. The Bertz CT molecular complexity index is 662. The van der Waals surface area contributed by atoms with Gasteiger partial charge < -0.3 is 15.2 Å². The zero-order chi connectivity index (χ0) is 15.6. The van der Waals surface area contributed by atoms with Crippen LogP contribution in [-0.2, 0) is 5.41 Å². The molecule has 1 aromatic heterocycles. The van der Waals surface area contributed by atoms with Crippen LogP contribution in [0.25, 0.3) is 0 Å². The predicted molar refractivity (Wildman–Crippen MR) is 81.8 cm³/mol. The minimum absolute atomic E-state index is 0.110. The van der Waals surface area contributed by atoms with E-state index in [-0.39, 0.29) is 11.0 Å². The number of anilines is 2. The van der Waals surface area contributed by atoms with Crippen LogP contribution >= 0.6 is 11.5 Å².